The molecule has 0 spiro atoms. The molecule has 1 unspecified atom stereocenters. The van der Waals surface area contributed by atoms with E-state index in [4.69, 9.17) is 0 Å². The number of piperazine rings is 1. The lowest BCUT2D eigenvalue weighted by atomic mass is 10.1. The van der Waals surface area contributed by atoms with Crippen LogP contribution in [0.25, 0.3) is 0 Å². The quantitative estimate of drug-likeness (QED) is 0.690. The Labute approximate surface area is 87.4 Å². The van der Waals surface area contributed by atoms with Crippen LogP contribution >= 0.6 is 0 Å². The van der Waals surface area contributed by atoms with Crippen molar-refractivity contribution < 1.29 is 0 Å². The molecule has 2 fully saturated rings. The lowest BCUT2D eigenvalue weighted by Crippen LogP contribution is -2.54. The molecule has 82 valence electrons. The first kappa shape index (κ1) is 10.4. The van der Waals surface area contributed by atoms with Crippen molar-refractivity contribution in [1.82, 2.24) is 15.1 Å². The van der Waals surface area contributed by atoms with E-state index < -0.39 is 0 Å². The number of likely N-dealkylation sites (tertiary alicyclic amines) is 1. The zero-order valence-electron chi connectivity index (χ0n) is 9.34. The van der Waals surface area contributed by atoms with Gasteiger partial charge in [0.05, 0.1) is 0 Å². The number of hydrogen-bond donors (Lipinski definition) is 1. The van der Waals surface area contributed by atoms with E-state index >= 15 is 0 Å². The highest BCUT2D eigenvalue weighted by atomic mass is 15.2. The molecule has 0 bridgehead atoms. The van der Waals surface area contributed by atoms with Crippen molar-refractivity contribution in [3.05, 3.63) is 0 Å². The minimum Gasteiger partial charge on any atom is -0.310 e. The van der Waals surface area contributed by atoms with E-state index in [2.05, 4.69) is 22.2 Å². The van der Waals surface area contributed by atoms with Gasteiger partial charge in [0.1, 0.15) is 0 Å². The molecule has 3 nitrogen and oxygen atoms in total. The van der Waals surface area contributed by atoms with E-state index in [0.717, 1.165) is 6.54 Å². The molecule has 0 saturated carbocycles. The van der Waals surface area contributed by atoms with Crippen molar-refractivity contribution in [3.63, 3.8) is 0 Å². The van der Waals surface area contributed by atoms with Gasteiger partial charge >= 0.3 is 0 Å². The highest BCUT2D eigenvalue weighted by Gasteiger charge is 2.20. The van der Waals surface area contributed by atoms with Crippen molar-refractivity contribution >= 4 is 0 Å². The minimum absolute atomic E-state index is 0.701. The maximum atomic E-state index is 3.61. The van der Waals surface area contributed by atoms with E-state index in [1.165, 1.54) is 52.0 Å². The van der Waals surface area contributed by atoms with Crippen LogP contribution in [0.2, 0.25) is 0 Å². The molecule has 0 aromatic carbocycles. The number of hydrogen-bond acceptors (Lipinski definition) is 3. The van der Waals surface area contributed by atoms with E-state index in [1.54, 1.807) is 0 Å². The zero-order valence-corrected chi connectivity index (χ0v) is 9.34. The smallest absolute Gasteiger partial charge is 0.0323 e. The first-order valence-electron chi connectivity index (χ1n) is 5.99. The van der Waals surface area contributed by atoms with Crippen molar-refractivity contribution in [1.29, 1.82) is 0 Å². The second-order valence-electron chi connectivity index (χ2n) is 4.77. The second-order valence-corrected chi connectivity index (χ2v) is 4.77. The standard InChI is InChI=1S/C11H23N3/c1-13-8-5-12-11(9-13)10-14-6-3-2-4-7-14/h11-12H,2-10H2,1H3. The Bertz CT molecular complexity index is 166. The fraction of sp³-hybridized carbons (Fsp3) is 1.00. The van der Waals surface area contributed by atoms with Crippen molar-refractivity contribution in [2.24, 2.45) is 0 Å². The molecule has 3 heteroatoms. The average Bonchev–Trinajstić information content (AvgIpc) is 2.19. The monoisotopic (exact) mass is 197 g/mol. The summed E-state index contributed by atoms with van der Waals surface area (Å²) in [4.78, 5) is 5.06. The van der Waals surface area contributed by atoms with Crippen LogP contribution in [-0.4, -0.2) is 62.2 Å². The largest absolute Gasteiger partial charge is 0.310 e. The van der Waals surface area contributed by atoms with Crippen molar-refractivity contribution in [3.8, 4) is 0 Å². The molecular weight excluding hydrogens is 174 g/mol. The molecule has 0 radical (unpaired) electrons. The summed E-state index contributed by atoms with van der Waals surface area (Å²) in [6.45, 7) is 7.48. The molecule has 2 heterocycles. The van der Waals surface area contributed by atoms with Crippen LogP contribution in [-0.2, 0) is 0 Å². The van der Waals surface area contributed by atoms with Crippen LogP contribution in [0.15, 0.2) is 0 Å². The number of likely N-dealkylation sites (N-methyl/N-ethyl adjacent to an activating group) is 1. The van der Waals surface area contributed by atoms with E-state index in [1.807, 2.05) is 0 Å². The van der Waals surface area contributed by atoms with Crippen LogP contribution in [0.5, 0.6) is 0 Å². The van der Waals surface area contributed by atoms with E-state index in [-0.39, 0.29) is 0 Å². The fourth-order valence-corrected chi connectivity index (χ4v) is 2.57. The molecule has 0 aliphatic carbocycles. The molecule has 2 rings (SSSR count). The maximum absolute atomic E-state index is 3.61. The van der Waals surface area contributed by atoms with Gasteiger partial charge in [-0.15, -0.1) is 0 Å². The van der Waals surface area contributed by atoms with Crippen LogP contribution in [0.3, 0.4) is 0 Å². The third-order valence-corrected chi connectivity index (χ3v) is 3.39. The minimum atomic E-state index is 0.701. The summed E-state index contributed by atoms with van der Waals surface area (Å²) < 4.78 is 0. The number of nitrogens with zero attached hydrogens (tertiary/aromatic N) is 2. The zero-order chi connectivity index (χ0) is 9.80. The Morgan fingerprint density at radius 3 is 2.64 bits per heavy atom. The number of nitrogens with one attached hydrogen (secondary N) is 1. The molecule has 0 amide bonds. The molecule has 0 aromatic heterocycles. The van der Waals surface area contributed by atoms with Crippen molar-refractivity contribution in [2.45, 2.75) is 25.3 Å². The molecule has 0 aromatic rings. The summed E-state index contributed by atoms with van der Waals surface area (Å²) >= 11 is 0. The number of piperidine rings is 1. The molecule has 2 saturated heterocycles. The first-order valence-corrected chi connectivity index (χ1v) is 5.99. The molecule has 14 heavy (non-hydrogen) atoms. The first-order chi connectivity index (χ1) is 6.84. The summed E-state index contributed by atoms with van der Waals surface area (Å²) in [5.41, 5.74) is 0. The Kier molecular flexibility index (Phi) is 3.79. The summed E-state index contributed by atoms with van der Waals surface area (Å²) in [6, 6.07) is 0.701. The number of rotatable bonds is 2. The summed E-state index contributed by atoms with van der Waals surface area (Å²) in [5.74, 6) is 0. The van der Waals surface area contributed by atoms with Gasteiger partial charge < -0.3 is 15.1 Å². The Morgan fingerprint density at radius 1 is 1.14 bits per heavy atom. The summed E-state index contributed by atoms with van der Waals surface area (Å²) in [5, 5.41) is 3.61. The highest BCUT2D eigenvalue weighted by Crippen LogP contribution is 2.09. The van der Waals surface area contributed by atoms with Crippen LogP contribution in [0.1, 0.15) is 19.3 Å². The van der Waals surface area contributed by atoms with Gasteiger partial charge in [-0.25, -0.2) is 0 Å². The lowest BCUT2D eigenvalue weighted by molar-refractivity contribution is 0.161. The van der Waals surface area contributed by atoms with Gasteiger partial charge in [-0.2, -0.15) is 0 Å². The van der Waals surface area contributed by atoms with Gasteiger partial charge in [0.25, 0.3) is 0 Å². The molecule has 1 N–H and O–H groups in total. The third-order valence-electron chi connectivity index (χ3n) is 3.39. The van der Waals surface area contributed by atoms with Gasteiger partial charge in [-0.05, 0) is 33.0 Å². The third kappa shape index (κ3) is 2.94. The summed E-state index contributed by atoms with van der Waals surface area (Å²) in [6.07, 6.45) is 4.25. The van der Waals surface area contributed by atoms with Gasteiger partial charge in [0.15, 0.2) is 0 Å². The predicted molar refractivity (Wildman–Crippen MR) is 59.6 cm³/mol. The topological polar surface area (TPSA) is 18.5 Å². The maximum Gasteiger partial charge on any atom is 0.0323 e. The molecule has 2 aliphatic heterocycles. The Morgan fingerprint density at radius 2 is 1.93 bits per heavy atom. The summed E-state index contributed by atoms with van der Waals surface area (Å²) in [7, 11) is 2.23. The van der Waals surface area contributed by atoms with Crippen LogP contribution in [0.4, 0.5) is 0 Å². The van der Waals surface area contributed by atoms with Gasteiger partial charge in [-0.1, -0.05) is 6.42 Å². The van der Waals surface area contributed by atoms with Gasteiger partial charge in [0.2, 0.25) is 0 Å². The fourth-order valence-electron chi connectivity index (χ4n) is 2.57. The normalized spacial score (nSPS) is 31.9. The van der Waals surface area contributed by atoms with Crippen molar-refractivity contribution in [2.75, 3.05) is 46.3 Å². The Balaban J connectivity index is 1.72. The van der Waals surface area contributed by atoms with E-state index in [9.17, 15) is 0 Å². The van der Waals surface area contributed by atoms with Crippen LogP contribution < -0.4 is 5.32 Å². The molecule has 2 aliphatic rings. The molecular formula is C11H23N3. The molecule has 1 atom stereocenters. The Hall–Kier alpha value is -0.120. The lowest BCUT2D eigenvalue weighted by Gasteiger charge is -2.36. The SMILES string of the molecule is CN1CCNC(CN2CCCCC2)C1. The van der Waals surface area contributed by atoms with Gasteiger partial charge in [-0.3, -0.25) is 0 Å². The average molecular weight is 197 g/mol. The van der Waals surface area contributed by atoms with Gasteiger partial charge in [0, 0.05) is 32.2 Å². The second kappa shape index (κ2) is 5.10. The predicted octanol–water partition coefficient (Wildman–Crippen LogP) is 0.376. The van der Waals surface area contributed by atoms with E-state index in [0.29, 0.717) is 6.04 Å². The highest BCUT2D eigenvalue weighted by molar-refractivity contribution is 4.80. The van der Waals surface area contributed by atoms with Crippen LogP contribution in [0, 0.1) is 0 Å².